The molecule has 4 N–H and O–H groups in total. The molecule has 3 rings (SSSR count). The van der Waals surface area contributed by atoms with Gasteiger partial charge in [0, 0.05) is 18.5 Å². The molecule has 3 aromatic rings. The fraction of sp³-hybridized carbons (Fsp3) is 0.0588. The Morgan fingerprint density at radius 3 is 2.74 bits per heavy atom. The van der Waals surface area contributed by atoms with E-state index in [2.05, 4.69) is 4.98 Å². The van der Waals surface area contributed by atoms with Crippen molar-refractivity contribution in [3.8, 4) is 11.5 Å². The molecule has 9 nitrogen and oxygen atoms in total. The molecule has 0 unspecified atom stereocenters. The summed E-state index contributed by atoms with van der Waals surface area (Å²) in [7, 11) is 1.37. The summed E-state index contributed by atoms with van der Waals surface area (Å²) in [6.07, 6.45) is 0. The summed E-state index contributed by atoms with van der Waals surface area (Å²) < 4.78 is 5.75. The molecule has 0 spiro atoms. The molecule has 0 aliphatic heterocycles. The van der Waals surface area contributed by atoms with Crippen molar-refractivity contribution in [3.05, 3.63) is 63.3 Å². The summed E-state index contributed by atoms with van der Waals surface area (Å²) in [6, 6.07) is 10.4. The predicted molar refractivity (Wildman–Crippen MR) is 100 cm³/mol. The number of aromatic nitrogens is 1. The van der Waals surface area contributed by atoms with E-state index >= 15 is 0 Å². The number of ether oxygens (including phenoxy) is 1. The highest BCUT2D eigenvalue weighted by molar-refractivity contribution is 6.35. The number of guanidine groups is 1. The Labute approximate surface area is 157 Å². The van der Waals surface area contributed by atoms with E-state index in [9.17, 15) is 14.9 Å². The lowest BCUT2D eigenvalue weighted by Gasteiger charge is -2.12. The van der Waals surface area contributed by atoms with Crippen LogP contribution >= 0.6 is 11.6 Å². The number of non-ortho nitro benzene ring substituents is 1. The van der Waals surface area contributed by atoms with E-state index in [-0.39, 0.29) is 17.1 Å². The van der Waals surface area contributed by atoms with Gasteiger partial charge in [-0.1, -0.05) is 17.7 Å². The van der Waals surface area contributed by atoms with E-state index in [1.807, 2.05) is 0 Å². The van der Waals surface area contributed by atoms with E-state index in [1.165, 1.54) is 31.3 Å². The zero-order valence-electron chi connectivity index (χ0n) is 14.0. The van der Waals surface area contributed by atoms with Crippen LogP contribution in [0, 0.1) is 15.5 Å². The average Bonchev–Trinajstić information content (AvgIpc) is 3.09. The van der Waals surface area contributed by atoms with Gasteiger partial charge in [0.1, 0.15) is 11.4 Å². The van der Waals surface area contributed by atoms with Gasteiger partial charge in [-0.05, 0) is 24.3 Å². The normalized spacial score (nSPS) is 10.6. The van der Waals surface area contributed by atoms with E-state index in [0.717, 1.165) is 4.90 Å². The molecule has 0 radical (unpaired) electrons. The lowest BCUT2D eigenvalue weighted by Crippen LogP contribution is -2.38. The maximum Gasteiger partial charge on any atom is 0.276 e. The first-order chi connectivity index (χ1) is 12.8. The zero-order chi connectivity index (χ0) is 19.7. The van der Waals surface area contributed by atoms with E-state index in [1.54, 1.807) is 18.2 Å². The van der Waals surface area contributed by atoms with Crippen molar-refractivity contribution in [1.29, 1.82) is 5.41 Å². The maximum atomic E-state index is 12.4. The van der Waals surface area contributed by atoms with Gasteiger partial charge < -0.3 is 15.5 Å². The smallest absolute Gasteiger partial charge is 0.276 e. The molecule has 0 aliphatic rings. The Morgan fingerprint density at radius 1 is 1.33 bits per heavy atom. The monoisotopic (exact) mass is 387 g/mol. The van der Waals surface area contributed by atoms with Crippen molar-refractivity contribution in [1.82, 2.24) is 9.88 Å². The van der Waals surface area contributed by atoms with Crippen LogP contribution in [0.25, 0.3) is 10.9 Å². The Hall–Kier alpha value is -3.59. The number of nitrogens with one attached hydrogen (secondary N) is 2. The van der Waals surface area contributed by atoms with Gasteiger partial charge in [-0.2, -0.15) is 0 Å². The standard InChI is InChI=1S/C17H14ClN5O4/c1-22(17(19)20)16(24)13-8-11-12(18)5-6-14(15(11)21-13)27-10-4-2-3-9(7-10)23(25)26/h2-8,21H,1H3,(H3,19,20). The number of halogens is 1. The Morgan fingerprint density at radius 2 is 2.07 bits per heavy atom. The van der Waals surface area contributed by atoms with E-state index in [0.29, 0.717) is 21.7 Å². The third-order valence-electron chi connectivity index (χ3n) is 3.86. The highest BCUT2D eigenvalue weighted by Gasteiger charge is 2.19. The molecule has 27 heavy (non-hydrogen) atoms. The maximum absolute atomic E-state index is 12.4. The number of hydrogen-bond donors (Lipinski definition) is 3. The quantitative estimate of drug-likeness (QED) is 0.272. The number of nitro groups is 1. The molecule has 2 aromatic carbocycles. The number of hydrogen-bond acceptors (Lipinski definition) is 5. The van der Waals surface area contributed by atoms with Crippen molar-refractivity contribution in [2.24, 2.45) is 5.73 Å². The molecule has 138 valence electrons. The molecular weight excluding hydrogens is 374 g/mol. The third-order valence-corrected chi connectivity index (χ3v) is 4.18. The second-order valence-corrected chi connectivity index (χ2v) is 6.03. The predicted octanol–water partition coefficient (Wildman–Crippen LogP) is 3.49. The van der Waals surface area contributed by atoms with Crippen LogP contribution in [0.1, 0.15) is 10.5 Å². The molecule has 0 saturated heterocycles. The molecule has 0 atom stereocenters. The number of fused-ring (bicyclic) bond motifs is 1. The minimum Gasteiger partial charge on any atom is -0.455 e. The van der Waals surface area contributed by atoms with Crippen LogP contribution in [0.4, 0.5) is 5.69 Å². The number of carbonyl (C=O) groups excluding carboxylic acids is 1. The first-order valence-electron chi connectivity index (χ1n) is 7.63. The number of nitrogens with zero attached hydrogens (tertiary/aromatic N) is 2. The highest BCUT2D eigenvalue weighted by atomic mass is 35.5. The lowest BCUT2D eigenvalue weighted by molar-refractivity contribution is -0.384. The van der Waals surface area contributed by atoms with Crippen LogP contribution in [-0.2, 0) is 0 Å². The molecule has 0 bridgehead atoms. The topological polar surface area (TPSA) is 138 Å². The van der Waals surface area contributed by atoms with Crippen molar-refractivity contribution >= 4 is 40.1 Å². The second-order valence-electron chi connectivity index (χ2n) is 5.62. The van der Waals surface area contributed by atoms with Gasteiger partial charge in [0.05, 0.1) is 21.5 Å². The number of amides is 1. The van der Waals surface area contributed by atoms with Crippen LogP contribution in [0.5, 0.6) is 11.5 Å². The van der Waals surface area contributed by atoms with Gasteiger partial charge in [-0.25, -0.2) is 0 Å². The average molecular weight is 388 g/mol. The first kappa shape index (κ1) is 18.2. The van der Waals surface area contributed by atoms with Gasteiger partial charge in [-0.15, -0.1) is 0 Å². The first-order valence-corrected chi connectivity index (χ1v) is 8.01. The van der Waals surface area contributed by atoms with Crippen molar-refractivity contribution in [2.75, 3.05) is 7.05 Å². The summed E-state index contributed by atoms with van der Waals surface area (Å²) in [5.74, 6) is -0.329. The summed E-state index contributed by atoms with van der Waals surface area (Å²) in [5, 5.41) is 19.2. The van der Waals surface area contributed by atoms with Crippen LogP contribution < -0.4 is 10.5 Å². The third kappa shape index (κ3) is 3.53. The van der Waals surface area contributed by atoms with E-state index < -0.39 is 16.8 Å². The van der Waals surface area contributed by atoms with Gasteiger partial charge in [-0.3, -0.25) is 25.2 Å². The van der Waals surface area contributed by atoms with Crippen LogP contribution in [0.15, 0.2) is 42.5 Å². The molecule has 10 heteroatoms. The number of aromatic amines is 1. The summed E-state index contributed by atoms with van der Waals surface area (Å²) in [4.78, 5) is 26.7. The molecule has 1 heterocycles. The number of carbonyl (C=O) groups is 1. The Balaban J connectivity index is 2.03. The molecule has 1 amide bonds. The minimum absolute atomic E-state index is 0.108. The molecule has 0 fully saturated rings. The van der Waals surface area contributed by atoms with Crippen LogP contribution in [0.2, 0.25) is 5.02 Å². The number of nitro benzene ring substituents is 1. The number of nitrogens with two attached hydrogens (primary N) is 1. The zero-order valence-corrected chi connectivity index (χ0v) is 14.8. The van der Waals surface area contributed by atoms with E-state index in [4.69, 9.17) is 27.5 Å². The SMILES string of the molecule is CN(C(=N)N)C(=O)c1cc2c(Cl)ccc(Oc3cccc([N+](=O)[O-])c3)c2[nH]1. The van der Waals surface area contributed by atoms with Crippen molar-refractivity contribution in [2.45, 2.75) is 0 Å². The molecule has 0 saturated carbocycles. The Kier molecular flexibility index (Phi) is 4.70. The fourth-order valence-corrected chi connectivity index (χ4v) is 2.65. The lowest BCUT2D eigenvalue weighted by atomic mass is 10.2. The Bertz CT molecular complexity index is 1080. The van der Waals surface area contributed by atoms with Gasteiger partial charge in [0.25, 0.3) is 11.6 Å². The largest absolute Gasteiger partial charge is 0.455 e. The van der Waals surface area contributed by atoms with Crippen molar-refractivity contribution in [3.63, 3.8) is 0 Å². The van der Waals surface area contributed by atoms with Gasteiger partial charge in [0.15, 0.2) is 11.7 Å². The van der Waals surface area contributed by atoms with Crippen molar-refractivity contribution < 1.29 is 14.5 Å². The summed E-state index contributed by atoms with van der Waals surface area (Å²) in [6.45, 7) is 0. The number of benzene rings is 2. The van der Waals surface area contributed by atoms with Gasteiger partial charge >= 0.3 is 0 Å². The summed E-state index contributed by atoms with van der Waals surface area (Å²) in [5.41, 5.74) is 5.84. The fourth-order valence-electron chi connectivity index (χ4n) is 2.44. The second kappa shape index (κ2) is 6.96. The molecule has 1 aromatic heterocycles. The van der Waals surface area contributed by atoms with Crippen LogP contribution in [0.3, 0.4) is 0 Å². The molecule has 0 aliphatic carbocycles. The minimum atomic E-state index is -0.521. The number of rotatable bonds is 4. The molecular formula is C17H14ClN5O4. The summed E-state index contributed by atoms with van der Waals surface area (Å²) >= 11 is 6.20. The van der Waals surface area contributed by atoms with Gasteiger partial charge in [0.2, 0.25) is 0 Å². The number of H-pyrrole nitrogens is 1. The van der Waals surface area contributed by atoms with Crippen LogP contribution in [-0.4, -0.2) is 33.7 Å². The highest BCUT2D eigenvalue weighted by Crippen LogP contribution is 2.35.